The summed E-state index contributed by atoms with van der Waals surface area (Å²) in [5, 5.41) is 3.29. The molecule has 0 heterocycles. The van der Waals surface area contributed by atoms with E-state index in [2.05, 4.69) is 30.8 Å². The number of nitrogens with one attached hydrogen (secondary N) is 1. The van der Waals surface area contributed by atoms with Crippen molar-refractivity contribution in [1.29, 1.82) is 0 Å². The van der Waals surface area contributed by atoms with Crippen molar-refractivity contribution in [3.05, 3.63) is 64.2 Å². The number of hydrogen-bond acceptors (Lipinski definition) is 2. The van der Waals surface area contributed by atoms with E-state index < -0.39 is 6.36 Å². The van der Waals surface area contributed by atoms with Gasteiger partial charge in [0.15, 0.2) is 0 Å². The molecule has 1 N–H and O–H groups in total. The zero-order chi connectivity index (χ0) is 20.2. The van der Waals surface area contributed by atoms with Crippen LogP contribution in [0.25, 0.3) is 0 Å². The summed E-state index contributed by atoms with van der Waals surface area (Å²) in [4.78, 5) is 12.1. The Morgan fingerprint density at radius 3 is 2.41 bits per heavy atom. The number of halogens is 4. The Morgan fingerprint density at radius 1 is 1.11 bits per heavy atom. The van der Waals surface area contributed by atoms with Gasteiger partial charge >= 0.3 is 6.36 Å². The molecule has 0 unspecified atom stereocenters. The summed E-state index contributed by atoms with van der Waals surface area (Å²) in [6.45, 7) is 6.48. The van der Waals surface area contributed by atoms with Gasteiger partial charge in [0.05, 0.1) is 6.42 Å². The molecule has 2 aromatic carbocycles. The van der Waals surface area contributed by atoms with Crippen LogP contribution in [0.4, 0.5) is 13.2 Å². The topological polar surface area (TPSA) is 38.3 Å². The number of alkyl halides is 3. The molecule has 2 rings (SSSR count). The number of carbonyl (C=O) groups is 1. The molecule has 0 saturated heterocycles. The van der Waals surface area contributed by atoms with E-state index >= 15 is 0 Å². The molecule has 0 spiro atoms. The van der Waals surface area contributed by atoms with Crippen LogP contribution in [0, 0.1) is 0 Å². The molecular weight excluding hydrogens is 379 g/mol. The zero-order valence-electron chi connectivity index (χ0n) is 15.3. The quantitative estimate of drug-likeness (QED) is 0.731. The van der Waals surface area contributed by atoms with Gasteiger partial charge in [0, 0.05) is 11.6 Å². The molecule has 0 aliphatic rings. The molecule has 146 valence electrons. The van der Waals surface area contributed by atoms with Crippen LogP contribution in [-0.2, 0) is 23.2 Å². The van der Waals surface area contributed by atoms with Gasteiger partial charge in [-0.25, -0.2) is 0 Å². The van der Waals surface area contributed by atoms with Crippen molar-refractivity contribution in [3.8, 4) is 5.75 Å². The summed E-state index contributed by atoms with van der Waals surface area (Å²) in [6.07, 6.45) is -4.83. The minimum absolute atomic E-state index is 0.0328. The Balaban J connectivity index is 1.96. The van der Waals surface area contributed by atoms with Gasteiger partial charge in [0.2, 0.25) is 5.91 Å². The van der Waals surface area contributed by atoms with E-state index in [-0.39, 0.29) is 30.0 Å². The Kier molecular flexibility index (Phi) is 6.42. The van der Waals surface area contributed by atoms with Gasteiger partial charge in [-0.2, -0.15) is 0 Å². The van der Waals surface area contributed by atoms with Gasteiger partial charge in [-0.05, 0) is 40.3 Å². The highest BCUT2D eigenvalue weighted by atomic mass is 35.5. The van der Waals surface area contributed by atoms with Gasteiger partial charge in [0.1, 0.15) is 5.75 Å². The molecule has 0 saturated carbocycles. The van der Waals surface area contributed by atoms with Crippen LogP contribution < -0.4 is 10.1 Å². The Bertz CT molecular complexity index is 814. The van der Waals surface area contributed by atoms with E-state index in [0.29, 0.717) is 10.6 Å². The number of ether oxygens (including phenoxy) is 1. The van der Waals surface area contributed by atoms with Crippen LogP contribution >= 0.6 is 11.6 Å². The maximum Gasteiger partial charge on any atom is 0.573 e. The lowest BCUT2D eigenvalue weighted by Crippen LogP contribution is -2.25. The summed E-state index contributed by atoms with van der Waals surface area (Å²) in [6, 6.07) is 11.1. The molecule has 0 aliphatic carbocycles. The molecule has 0 aromatic heterocycles. The van der Waals surface area contributed by atoms with Gasteiger partial charge in [0.25, 0.3) is 0 Å². The third-order valence-corrected chi connectivity index (χ3v) is 4.24. The van der Waals surface area contributed by atoms with E-state index in [1.165, 1.54) is 18.2 Å². The summed E-state index contributed by atoms with van der Waals surface area (Å²) in [7, 11) is 0. The van der Waals surface area contributed by atoms with Gasteiger partial charge < -0.3 is 10.1 Å². The average Bonchev–Trinajstić information content (AvgIpc) is 2.51. The second kappa shape index (κ2) is 8.21. The Morgan fingerprint density at radius 2 is 1.81 bits per heavy atom. The number of benzene rings is 2. The van der Waals surface area contributed by atoms with Crippen molar-refractivity contribution in [2.45, 2.75) is 45.5 Å². The molecular formula is C20H21ClF3NO2. The van der Waals surface area contributed by atoms with Gasteiger partial charge in [-0.15, -0.1) is 13.2 Å². The third kappa shape index (κ3) is 6.79. The Hall–Kier alpha value is -2.21. The molecule has 2 aromatic rings. The second-order valence-corrected chi connectivity index (χ2v) is 7.61. The highest BCUT2D eigenvalue weighted by Gasteiger charge is 2.31. The number of carbonyl (C=O) groups excluding carboxylic acids is 1. The van der Waals surface area contributed by atoms with Crippen LogP contribution in [-0.4, -0.2) is 12.3 Å². The van der Waals surface area contributed by atoms with Crippen molar-refractivity contribution in [3.63, 3.8) is 0 Å². The maximum atomic E-state index is 12.3. The fourth-order valence-corrected chi connectivity index (χ4v) is 2.70. The molecule has 0 fully saturated rings. The largest absolute Gasteiger partial charge is 0.573 e. The van der Waals surface area contributed by atoms with E-state index in [4.69, 9.17) is 11.6 Å². The summed E-state index contributed by atoms with van der Waals surface area (Å²) >= 11 is 6.29. The molecule has 1 amide bonds. The molecule has 27 heavy (non-hydrogen) atoms. The highest BCUT2D eigenvalue weighted by molar-refractivity contribution is 6.31. The van der Waals surface area contributed by atoms with E-state index in [0.717, 1.165) is 11.1 Å². The van der Waals surface area contributed by atoms with Crippen molar-refractivity contribution in [2.75, 3.05) is 0 Å². The summed E-state index contributed by atoms with van der Waals surface area (Å²) < 4.78 is 40.7. The fraction of sp³-hybridized carbons (Fsp3) is 0.350. The van der Waals surface area contributed by atoms with Crippen molar-refractivity contribution in [1.82, 2.24) is 5.32 Å². The first kappa shape index (κ1) is 21.1. The summed E-state index contributed by atoms with van der Waals surface area (Å²) in [5.41, 5.74) is 2.24. The fourth-order valence-electron chi connectivity index (χ4n) is 2.45. The molecule has 0 bridgehead atoms. The second-order valence-electron chi connectivity index (χ2n) is 7.20. The number of rotatable bonds is 5. The first-order chi connectivity index (χ1) is 12.4. The average molecular weight is 400 g/mol. The SMILES string of the molecule is CC(C)(C)c1ccc(CNC(=O)Cc2cccc(OC(F)(F)F)c2)c(Cl)c1. The first-order valence-corrected chi connectivity index (χ1v) is 8.72. The summed E-state index contributed by atoms with van der Waals surface area (Å²) in [5.74, 6) is -0.677. The van der Waals surface area contributed by atoms with Crippen molar-refractivity contribution < 1.29 is 22.7 Å². The predicted molar refractivity (Wildman–Crippen MR) is 98.8 cm³/mol. The van der Waals surface area contributed by atoms with Crippen molar-refractivity contribution >= 4 is 17.5 Å². The third-order valence-electron chi connectivity index (χ3n) is 3.89. The van der Waals surface area contributed by atoms with Crippen LogP contribution in [0.3, 0.4) is 0 Å². The monoisotopic (exact) mass is 399 g/mol. The lowest BCUT2D eigenvalue weighted by atomic mass is 9.86. The van der Waals surface area contributed by atoms with Gasteiger partial charge in [-0.3, -0.25) is 4.79 Å². The lowest BCUT2D eigenvalue weighted by molar-refractivity contribution is -0.274. The number of hydrogen-bond donors (Lipinski definition) is 1. The van der Waals surface area contributed by atoms with Crippen LogP contribution in [0.1, 0.15) is 37.5 Å². The molecule has 0 aliphatic heterocycles. The molecule has 3 nitrogen and oxygen atoms in total. The normalized spacial score (nSPS) is 12.0. The molecule has 0 radical (unpaired) electrons. The van der Waals surface area contributed by atoms with Gasteiger partial charge in [-0.1, -0.05) is 56.6 Å². The van der Waals surface area contributed by atoms with Crippen LogP contribution in [0.5, 0.6) is 5.75 Å². The smallest absolute Gasteiger partial charge is 0.406 e. The Labute approximate surface area is 161 Å². The molecule has 7 heteroatoms. The van der Waals surface area contributed by atoms with E-state index in [9.17, 15) is 18.0 Å². The first-order valence-electron chi connectivity index (χ1n) is 8.34. The van der Waals surface area contributed by atoms with E-state index in [1.807, 2.05) is 18.2 Å². The van der Waals surface area contributed by atoms with E-state index in [1.54, 1.807) is 6.07 Å². The predicted octanol–water partition coefficient (Wildman–Crippen LogP) is 5.40. The van der Waals surface area contributed by atoms with Crippen LogP contribution in [0.15, 0.2) is 42.5 Å². The van der Waals surface area contributed by atoms with Crippen LogP contribution in [0.2, 0.25) is 5.02 Å². The number of amides is 1. The lowest BCUT2D eigenvalue weighted by Gasteiger charge is -2.20. The minimum atomic E-state index is -4.77. The standard InChI is InChI=1S/C20H21ClF3NO2/c1-19(2,3)15-8-7-14(17(21)11-15)12-25-18(26)10-13-5-4-6-16(9-13)27-20(22,23)24/h4-9,11H,10,12H2,1-3H3,(H,25,26). The molecule has 0 atom stereocenters. The van der Waals surface area contributed by atoms with Crippen molar-refractivity contribution in [2.24, 2.45) is 0 Å². The highest BCUT2D eigenvalue weighted by Crippen LogP contribution is 2.27. The minimum Gasteiger partial charge on any atom is -0.406 e. The zero-order valence-corrected chi connectivity index (χ0v) is 16.0. The maximum absolute atomic E-state index is 12.3.